The van der Waals surface area contributed by atoms with Crippen LogP contribution in [0.3, 0.4) is 0 Å². The molecule has 0 aromatic carbocycles. The van der Waals surface area contributed by atoms with E-state index >= 15 is 0 Å². The molecule has 0 N–H and O–H groups in total. The molecule has 0 aromatic heterocycles. The Balaban J connectivity index is 2.62. The fraction of sp³-hybridized carbons (Fsp3) is 1.00. The normalized spacial score (nSPS) is 9.20. The summed E-state index contributed by atoms with van der Waals surface area (Å²) in [5, 5.41) is 7.08. The number of hydrogen-bond donors (Lipinski definition) is 0. The highest BCUT2D eigenvalue weighted by Crippen LogP contribution is 1.59. The summed E-state index contributed by atoms with van der Waals surface area (Å²) in [4.78, 5) is 0. The van der Waals surface area contributed by atoms with Gasteiger partial charge in [-0.2, -0.15) is 0 Å². The van der Waals surface area contributed by atoms with Crippen LogP contribution in [-0.4, -0.2) is 14.5 Å². The summed E-state index contributed by atoms with van der Waals surface area (Å²) in [6.45, 7) is 1.95. The Morgan fingerprint density at radius 3 is 2.20 bits per heavy atom. The molecule has 28 valence electrons. The maximum Gasteiger partial charge on any atom is 0.287 e. The molecular formula is C2H7BN2. The van der Waals surface area contributed by atoms with Crippen molar-refractivity contribution in [1.82, 2.24) is 0 Å². The fourth-order valence-electron chi connectivity index (χ4n) is 0.141. The van der Waals surface area contributed by atoms with Crippen LogP contribution >= 0.6 is 0 Å². The zero-order valence-electron chi connectivity index (χ0n) is 3.60. The van der Waals surface area contributed by atoms with Gasteiger partial charge in [-0.3, -0.25) is 5.03 Å². The van der Waals surface area contributed by atoms with Crippen LogP contribution in [-0.2, 0) is 0 Å². The zero-order valence-corrected chi connectivity index (χ0v) is 3.60. The molecule has 0 radical (unpaired) electrons. The molecule has 0 rings (SSSR count). The summed E-state index contributed by atoms with van der Waals surface area (Å²) in [7, 11) is 2.47. The minimum atomic E-state index is 0.802. The SMILES string of the molecule is CBN=NC. The molecule has 0 saturated heterocycles. The van der Waals surface area contributed by atoms with Gasteiger partial charge in [0.1, 0.15) is 0 Å². The average Bonchev–Trinajstić information content (AvgIpc) is 1.41. The summed E-state index contributed by atoms with van der Waals surface area (Å²) in [5.74, 6) is 0. The lowest BCUT2D eigenvalue weighted by molar-refractivity contribution is 1.23. The van der Waals surface area contributed by atoms with Gasteiger partial charge in [0.05, 0.1) is 0 Å². The highest BCUT2D eigenvalue weighted by Gasteiger charge is 1.59. The van der Waals surface area contributed by atoms with E-state index in [1.807, 2.05) is 6.82 Å². The summed E-state index contributed by atoms with van der Waals surface area (Å²) in [6.07, 6.45) is 0. The first kappa shape index (κ1) is 4.66. The maximum atomic E-state index is 3.60. The molecule has 0 spiro atoms. The van der Waals surface area contributed by atoms with Crippen molar-refractivity contribution >= 4 is 7.41 Å². The monoisotopic (exact) mass is 70.1 g/mol. The van der Waals surface area contributed by atoms with Crippen LogP contribution in [0.25, 0.3) is 0 Å². The Morgan fingerprint density at radius 2 is 2.20 bits per heavy atom. The van der Waals surface area contributed by atoms with E-state index in [-0.39, 0.29) is 0 Å². The molecule has 0 heterocycles. The van der Waals surface area contributed by atoms with Crippen LogP contribution in [0.15, 0.2) is 10.1 Å². The summed E-state index contributed by atoms with van der Waals surface area (Å²) >= 11 is 0. The summed E-state index contributed by atoms with van der Waals surface area (Å²) < 4.78 is 0. The molecule has 0 fully saturated rings. The molecule has 0 unspecified atom stereocenters. The Morgan fingerprint density at radius 1 is 1.60 bits per heavy atom. The number of hydrogen-bond acceptors (Lipinski definition) is 2. The largest absolute Gasteiger partial charge is 0.287 e. The topological polar surface area (TPSA) is 24.7 Å². The highest BCUT2D eigenvalue weighted by atomic mass is 15.0. The molecule has 0 amide bonds. The van der Waals surface area contributed by atoms with Crippen molar-refractivity contribution < 1.29 is 0 Å². The number of nitrogens with zero attached hydrogens (tertiary/aromatic N) is 2. The van der Waals surface area contributed by atoms with Gasteiger partial charge in [-0.1, -0.05) is 6.82 Å². The van der Waals surface area contributed by atoms with Crippen LogP contribution in [0.5, 0.6) is 0 Å². The second kappa shape index (κ2) is 3.66. The lowest BCUT2D eigenvalue weighted by Gasteiger charge is -1.64. The lowest BCUT2D eigenvalue weighted by atomic mass is 10.0. The van der Waals surface area contributed by atoms with E-state index in [1.54, 1.807) is 7.05 Å². The van der Waals surface area contributed by atoms with E-state index in [1.165, 1.54) is 0 Å². The van der Waals surface area contributed by atoms with Gasteiger partial charge in [0, 0.05) is 7.05 Å². The van der Waals surface area contributed by atoms with Gasteiger partial charge in [-0.15, -0.1) is 0 Å². The van der Waals surface area contributed by atoms with Crippen LogP contribution in [0.2, 0.25) is 6.82 Å². The minimum Gasteiger partial charge on any atom is -0.265 e. The smallest absolute Gasteiger partial charge is 0.265 e. The maximum absolute atomic E-state index is 3.60. The third kappa shape index (κ3) is 3.66. The Bertz CT molecular complexity index is 34.6. The molecule has 2 nitrogen and oxygen atoms in total. The van der Waals surface area contributed by atoms with E-state index in [9.17, 15) is 0 Å². The predicted octanol–water partition coefficient (Wildman–Crippen LogP) is 0.468. The van der Waals surface area contributed by atoms with E-state index < -0.39 is 0 Å². The molecule has 0 aliphatic heterocycles. The van der Waals surface area contributed by atoms with E-state index in [2.05, 4.69) is 10.1 Å². The van der Waals surface area contributed by atoms with Crippen molar-refractivity contribution in [3.63, 3.8) is 0 Å². The van der Waals surface area contributed by atoms with Crippen molar-refractivity contribution in [2.75, 3.05) is 7.05 Å². The second-order valence-electron chi connectivity index (χ2n) is 0.658. The van der Waals surface area contributed by atoms with Gasteiger partial charge in [0.2, 0.25) is 0 Å². The van der Waals surface area contributed by atoms with Crippen molar-refractivity contribution in [1.29, 1.82) is 0 Å². The first-order valence-corrected chi connectivity index (χ1v) is 1.67. The molecule has 0 bridgehead atoms. The average molecular weight is 69.9 g/mol. The van der Waals surface area contributed by atoms with Gasteiger partial charge < -0.3 is 0 Å². The zero-order chi connectivity index (χ0) is 4.12. The van der Waals surface area contributed by atoms with Gasteiger partial charge >= 0.3 is 0 Å². The van der Waals surface area contributed by atoms with Crippen LogP contribution in [0, 0.1) is 0 Å². The third-order valence-corrected chi connectivity index (χ3v) is 0.283. The standard InChI is InChI=1S/C2H7BN2/c1-3-5-4-2/h3H,1-2H3. The third-order valence-electron chi connectivity index (χ3n) is 0.283. The molecule has 5 heavy (non-hydrogen) atoms. The van der Waals surface area contributed by atoms with Gasteiger partial charge in [0.15, 0.2) is 0 Å². The van der Waals surface area contributed by atoms with E-state index in [0.29, 0.717) is 0 Å². The minimum absolute atomic E-state index is 0.802. The van der Waals surface area contributed by atoms with Crippen molar-refractivity contribution in [2.24, 2.45) is 10.1 Å². The molecule has 0 aliphatic rings. The van der Waals surface area contributed by atoms with E-state index in [0.717, 1.165) is 7.41 Å². The fourth-order valence-corrected chi connectivity index (χ4v) is 0.141. The molecule has 3 heteroatoms. The molecule has 0 aromatic rings. The van der Waals surface area contributed by atoms with E-state index in [4.69, 9.17) is 0 Å². The molecular weight excluding hydrogens is 62.8 g/mol. The number of rotatable bonds is 1. The lowest BCUT2D eigenvalue weighted by Crippen LogP contribution is -1.64. The van der Waals surface area contributed by atoms with Crippen LogP contribution in [0.1, 0.15) is 0 Å². The second-order valence-corrected chi connectivity index (χ2v) is 0.658. The summed E-state index contributed by atoms with van der Waals surface area (Å²) in [6, 6.07) is 0. The highest BCUT2D eigenvalue weighted by molar-refractivity contribution is 6.30. The van der Waals surface area contributed by atoms with Crippen molar-refractivity contribution in [3.8, 4) is 0 Å². The van der Waals surface area contributed by atoms with Gasteiger partial charge in [-0.05, 0) is 0 Å². The van der Waals surface area contributed by atoms with Crippen molar-refractivity contribution in [3.05, 3.63) is 0 Å². The van der Waals surface area contributed by atoms with Crippen LogP contribution < -0.4 is 0 Å². The van der Waals surface area contributed by atoms with Crippen LogP contribution in [0.4, 0.5) is 0 Å². The Kier molecular flexibility index (Phi) is 3.42. The van der Waals surface area contributed by atoms with Gasteiger partial charge in [0.25, 0.3) is 7.41 Å². The first-order chi connectivity index (χ1) is 2.41. The summed E-state index contributed by atoms with van der Waals surface area (Å²) in [5.41, 5.74) is 0. The predicted molar refractivity (Wildman–Crippen MR) is 23.8 cm³/mol. The Hall–Kier alpha value is -0.335. The molecule has 0 saturated carbocycles. The first-order valence-electron chi connectivity index (χ1n) is 1.67. The Labute approximate surface area is 32.6 Å². The molecule has 0 aliphatic carbocycles. The quantitative estimate of drug-likeness (QED) is 0.316. The van der Waals surface area contributed by atoms with Gasteiger partial charge in [-0.25, -0.2) is 5.11 Å². The molecule has 0 atom stereocenters. The van der Waals surface area contributed by atoms with Crippen molar-refractivity contribution in [2.45, 2.75) is 6.82 Å².